The lowest BCUT2D eigenvalue weighted by molar-refractivity contribution is -0.122. The summed E-state index contributed by atoms with van der Waals surface area (Å²) in [6.45, 7) is 0. The second-order valence-electron chi connectivity index (χ2n) is 8.78. The Morgan fingerprint density at radius 3 is 2.23 bits per heavy atom. The number of hydrogen-bond donors (Lipinski definition) is 0. The summed E-state index contributed by atoms with van der Waals surface area (Å²) in [6, 6.07) is 25.7. The lowest BCUT2D eigenvalue weighted by atomic mass is 9.94. The van der Waals surface area contributed by atoms with Crippen molar-refractivity contribution < 1.29 is 9.59 Å². The van der Waals surface area contributed by atoms with E-state index in [4.69, 9.17) is 16.6 Å². The van der Waals surface area contributed by atoms with Crippen LogP contribution in [-0.4, -0.2) is 35.0 Å². The van der Waals surface area contributed by atoms with Gasteiger partial charge in [-0.25, -0.2) is 4.90 Å². The number of carbonyl (C=O) groups is 2. The largest absolute Gasteiger partial charge is 0.350 e. The van der Waals surface area contributed by atoms with E-state index in [0.717, 1.165) is 16.5 Å². The van der Waals surface area contributed by atoms with E-state index in [9.17, 15) is 9.59 Å². The zero-order valence-corrected chi connectivity index (χ0v) is 20.3. The maximum Gasteiger partial charge on any atom is 0.257 e. The van der Waals surface area contributed by atoms with Gasteiger partial charge in [-0.05, 0) is 48.0 Å². The van der Waals surface area contributed by atoms with Gasteiger partial charge in [0.15, 0.2) is 0 Å². The highest BCUT2D eigenvalue weighted by molar-refractivity contribution is 8.13. The van der Waals surface area contributed by atoms with Gasteiger partial charge in [0.1, 0.15) is 6.04 Å². The van der Waals surface area contributed by atoms with E-state index in [1.54, 1.807) is 23.9 Å². The van der Waals surface area contributed by atoms with Gasteiger partial charge >= 0.3 is 0 Å². The molecule has 0 radical (unpaired) electrons. The van der Waals surface area contributed by atoms with Crippen LogP contribution in [0.4, 0.5) is 11.4 Å². The monoisotopic (exact) mass is 499 g/mol. The van der Waals surface area contributed by atoms with Crippen molar-refractivity contribution in [1.82, 2.24) is 0 Å². The number of nitrogens with zero attached hydrogens (tertiary/aromatic N) is 3. The van der Waals surface area contributed by atoms with Gasteiger partial charge in [0.05, 0.1) is 28.7 Å². The van der Waals surface area contributed by atoms with Gasteiger partial charge < -0.3 is 4.90 Å². The Bertz CT molecular complexity index is 1330. The average molecular weight is 500 g/mol. The number of amides is 2. The molecule has 0 bridgehead atoms. The average Bonchev–Trinajstić information content (AvgIpc) is 3.36. The molecule has 4 atom stereocenters. The Balaban J connectivity index is 1.37. The predicted octanol–water partition coefficient (Wildman–Crippen LogP) is 5.36. The summed E-state index contributed by atoms with van der Waals surface area (Å²) in [7, 11) is 0. The van der Waals surface area contributed by atoms with Crippen molar-refractivity contribution in [3.8, 4) is 0 Å². The number of para-hydroxylation sites is 1. The van der Waals surface area contributed by atoms with Crippen molar-refractivity contribution in [3.05, 3.63) is 108 Å². The molecule has 174 valence electrons. The van der Waals surface area contributed by atoms with Crippen molar-refractivity contribution in [2.75, 3.05) is 9.80 Å². The Labute approximate surface area is 213 Å². The second-order valence-corrected chi connectivity index (χ2v) is 10.2. The molecule has 0 spiro atoms. The van der Waals surface area contributed by atoms with E-state index >= 15 is 0 Å². The minimum atomic E-state index is -0.620. The van der Waals surface area contributed by atoms with Crippen LogP contribution >= 0.6 is 23.4 Å². The predicted molar refractivity (Wildman–Crippen MR) is 142 cm³/mol. The van der Waals surface area contributed by atoms with E-state index in [2.05, 4.69) is 18.2 Å². The first-order valence-electron chi connectivity index (χ1n) is 11.5. The highest BCUT2D eigenvalue weighted by atomic mass is 35.5. The van der Waals surface area contributed by atoms with E-state index in [1.807, 2.05) is 71.6 Å². The van der Waals surface area contributed by atoms with E-state index in [1.165, 1.54) is 10.5 Å². The second kappa shape index (κ2) is 9.02. The summed E-state index contributed by atoms with van der Waals surface area (Å²) < 4.78 is 0. The molecule has 3 aliphatic rings. The first kappa shape index (κ1) is 22.1. The smallest absolute Gasteiger partial charge is 0.257 e. The van der Waals surface area contributed by atoms with E-state index in [-0.39, 0.29) is 23.9 Å². The molecule has 5 nitrogen and oxygen atoms in total. The van der Waals surface area contributed by atoms with Crippen molar-refractivity contribution in [2.24, 2.45) is 10.9 Å². The highest BCUT2D eigenvalue weighted by Gasteiger charge is 2.62. The van der Waals surface area contributed by atoms with Crippen LogP contribution in [0.3, 0.4) is 0 Å². The number of carbonyl (C=O) groups excluding carboxylic acids is 2. The Hall–Kier alpha value is -3.35. The molecule has 2 fully saturated rings. The van der Waals surface area contributed by atoms with Crippen molar-refractivity contribution >= 4 is 51.6 Å². The van der Waals surface area contributed by atoms with Crippen LogP contribution in [0.1, 0.15) is 5.56 Å². The third-order valence-corrected chi connectivity index (χ3v) is 8.01. The molecular weight excluding hydrogens is 478 g/mol. The number of thioether (sulfide) groups is 1. The molecule has 0 aromatic heterocycles. The topological polar surface area (TPSA) is 53.0 Å². The maximum atomic E-state index is 13.7. The number of benzene rings is 3. The number of rotatable bonds is 4. The Kier molecular flexibility index (Phi) is 5.71. The minimum Gasteiger partial charge on any atom is -0.350 e. The number of halogens is 1. The summed E-state index contributed by atoms with van der Waals surface area (Å²) in [5.74, 6) is -0.165. The van der Waals surface area contributed by atoms with Crippen LogP contribution < -0.4 is 9.80 Å². The van der Waals surface area contributed by atoms with E-state index < -0.39 is 12.0 Å². The van der Waals surface area contributed by atoms with Gasteiger partial charge in [-0.3, -0.25) is 14.6 Å². The third-order valence-electron chi connectivity index (χ3n) is 6.74. The van der Waals surface area contributed by atoms with Gasteiger partial charge in [0, 0.05) is 16.5 Å². The molecule has 0 aliphatic carbocycles. The minimum absolute atomic E-state index is 0.182. The molecule has 0 saturated carbocycles. The Morgan fingerprint density at radius 1 is 0.829 bits per heavy atom. The van der Waals surface area contributed by atoms with Crippen LogP contribution in [0.2, 0.25) is 5.02 Å². The standard InChI is InChI=1S/C28H22ClN3O2S/c29-19-11-13-21(14-12-19)31-22-15-16-23(35-17-18-7-3-1-4-8-18)30-25(22)24-26(31)28(34)32(27(24)33)20-9-5-2-6-10-20/h1-16,22,24-26H,17H2/t22-,24-,25+,26+/m1/s1. The summed E-state index contributed by atoms with van der Waals surface area (Å²) in [5, 5.41) is 1.50. The summed E-state index contributed by atoms with van der Waals surface area (Å²) in [4.78, 5) is 35.9. The van der Waals surface area contributed by atoms with Crippen LogP contribution in [0.5, 0.6) is 0 Å². The molecule has 3 aliphatic heterocycles. The number of anilines is 2. The molecule has 0 N–H and O–H groups in total. The number of dihydropyridines is 1. The normalized spacial score (nSPS) is 25.0. The fourth-order valence-corrected chi connectivity index (χ4v) is 6.20. The maximum absolute atomic E-state index is 13.7. The number of hydrogen-bond acceptors (Lipinski definition) is 5. The molecular formula is C28H22ClN3O2S. The van der Waals surface area contributed by atoms with Crippen LogP contribution in [0, 0.1) is 5.92 Å². The fraction of sp³-hybridized carbons (Fsp3) is 0.179. The molecule has 2 amide bonds. The zero-order chi connectivity index (χ0) is 23.9. The molecule has 2 saturated heterocycles. The van der Waals surface area contributed by atoms with Gasteiger partial charge in [-0.1, -0.05) is 66.2 Å². The first-order chi connectivity index (χ1) is 17.1. The molecule has 3 heterocycles. The van der Waals surface area contributed by atoms with Crippen LogP contribution in [-0.2, 0) is 15.3 Å². The first-order valence-corrected chi connectivity index (χ1v) is 12.9. The zero-order valence-electron chi connectivity index (χ0n) is 18.7. The lowest BCUT2D eigenvalue weighted by Crippen LogP contribution is -2.46. The van der Waals surface area contributed by atoms with Gasteiger partial charge in [0.2, 0.25) is 5.91 Å². The van der Waals surface area contributed by atoms with Gasteiger partial charge in [0.25, 0.3) is 5.91 Å². The molecule has 7 heteroatoms. The van der Waals surface area contributed by atoms with Crippen LogP contribution in [0.15, 0.2) is 102 Å². The van der Waals surface area contributed by atoms with Crippen molar-refractivity contribution in [3.63, 3.8) is 0 Å². The van der Waals surface area contributed by atoms with Gasteiger partial charge in [-0.15, -0.1) is 11.8 Å². The van der Waals surface area contributed by atoms with Crippen molar-refractivity contribution in [2.45, 2.75) is 23.9 Å². The van der Waals surface area contributed by atoms with Gasteiger partial charge in [-0.2, -0.15) is 0 Å². The lowest BCUT2D eigenvalue weighted by Gasteiger charge is -2.32. The molecule has 0 unspecified atom stereocenters. The molecule has 35 heavy (non-hydrogen) atoms. The fourth-order valence-electron chi connectivity index (χ4n) is 5.19. The molecule has 3 aromatic rings. The number of imide groups is 1. The number of fused-ring (bicyclic) bond motifs is 3. The third kappa shape index (κ3) is 3.87. The SMILES string of the molecule is O=C1[C@@H]2[C@H]3N=C(SCc4ccccc4)C=C[C@H]3N(c3ccc(Cl)cc3)[C@@H]2C(=O)N1c1ccccc1. The quantitative estimate of drug-likeness (QED) is 0.454. The Morgan fingerprint density at radius 2 is 1.51 bits per heavy atom. The summed E-state index contributed by atoms with van der Waals surface area (Å²) in [5.41, 5.74) is 2.66. The van der Waals surface area contributed by atoms with E-state index in [0.29, 0.717) is 10.7 Å². The van der Waals surface area contributed by atoms with Crippen LogP contribution in [0.25, 0.3) is 0 Å². The number of aliphatic imine (C=N–C) groups is 1. The summed E-state index contributed by atoms with van der Waals surface area (Å²) in [6.07, 6.45) is 4.11. The summed E-state index contributed by atoms with van der Waals surface area (Å²) >= 11 is 7.79. The molecule has 3 aromatic carbocycles. The highest BCUT2D eigenvalue weighted by Crippen LogP contribution is 2.45. The van der Waals surface area contributed by atoms with Crippen molar-refractivity contribution in [1.29, 1.82) is 0 Å². The molecule has 6 rings (SSSR count).